The van der Waals surface area contributed by atoms with Gasteiger partial charge >= 0.3 is 0 Å². The van der Waals surface area contributed by atoms with Gasteiger partial charge in [-0.3, -0.25) is 4.79 Å². The number of rotatable bonds is 2. The van der Waals surface area contributed by atoms with Crippen LogP contribution in [-0.4, -0.2) is 14.7 Å². The van der Waals surface area contributed by atoms with Gasteiger partial charge in [0.15, 0.2) is 0 Å². The Bertz CT molecular complexity index is 361. The third-order valence-corrected chi connectivity index (χ3v) is 2.99. The van der Waals surface area contributed by atoms with Gasteiger partial charge in [0.05, 0.1) is 16.7 Å². The van der Waals surface area contributed by atoms with E-state index >= 15 is 0 Å². The van der Waals surface area contributed by atoms with Crippen LogP contribution < -0.4 is 5.32 Å². The van der Waals surface area contributed by atoms with Gasteiger partial charge < -0.3 is 5.32 Å². The molecule has 15 heavy (non-hydrogen) atoms. The summed E-state index contributed by atoms with van der Waals surface area (Å²) in [7, 11) is 0. The summed E-state index contributed by atoms with van der Waals surface area (Å²) in [4.78, 5) is 15.5. The van der Waals surface area contributed by atoms with Gasteiger partial charge in [-0.15, -0.1) is 11.3 Å². The van der Waals surface area contributed by atoms with E-state index in [0.717, 1.165) is 10.7 Å². The predicted octanol–water partition coefficient (Wildman–Crippen LogP) is 3.00. The van der Waals surface area contributed by atoms with Gasteiger partial charge in [-0.05, 0) is 13.8 Å². The number of thiazole rings is 1. The van der Waals surface area contributed by atoms with Crippen LogP contribution in [0.2, 0.25) is 0 Å². The van der Waals surface area contributed by atoms with Crippen LogP contribution >= 0.6 is 46.1 Å². The van der Waals surface area contributed by atoms with Gasteiger partial charge in [-0.2, -0.15) is 0 Å². The SMILES string of the molecule is Cc1nc(C(C)NC(=O)C(Cl)(Cl)Cl)cs1. The van der Waals surface area contributed by atoms with Crippen LogP contribution in [0.3, 0.4) is 0 Å². The number of halogens is 3. The molecule has 0 saturated heterocycles. The molecule has 0 aliphatic carbocycles. The molecule has 1 heterocycles. The highest BCUT2D eigenvalue weighted by Gasteiger charge is 2.31. The van der Waals surface area contributed by atoms with E-state index in [-0.39, 0.29) is 6.04 Å². The Labute approximate surface area is 107 Å². The summed E-state index contributed by atoms with van der Waals surface area (Å²) in [6.07, 6.45) is 0. The van der Waals surface area contributed by atoms with Crippen molar-refractivity contribution in [2.45, 2.75) is 23.7 Å². The molecular formula is C8H9Cl3N2OS. The number of hydrogen-bond acceptors (Lipinski definition) is 3. The van der Waals surface area contributed by atoms with Crippen LogP contribution in [0.15, 0.2) is 5.38 Å². The Balaban J connectivity index is 2.64. The Kier molecular flexibility index (Phi) is 4.23. The maximum Gasteiger partial charge on any atom is 0.272 e. The Morgan fingerprint density at radius 3 is 2.60 bits per heavy atom. The minimum Gasteiger partial charge on any atom is -0.344 e. The van der Waals surface area contributed by atoms with Gasteiger partial charge in [-0.1, -0.05) is 34.8 Å². The van der Waals surface area contributed by atoms with Gasteiger partial charge in [0.2, 0.25) is 0 Å². The largest absolute Gasteiger partial charge is 0.344 e. The maximum atomic E-state index is 11.3. The first-order valence-corrected chi connectivity index (χ1v) is 6.12. The van der Waals surface area contributed by atoms with Crippen molar-refractivity contribution >= 4 is 52.0 Å². The van der Waals surface area contributed by atoms with E-state index in [0.29, 0.717) is 0 Å². The fraction of sp³-hybridized carbons (Fsp3) is 0.500. The summed E-state index contributed by atoms with van der Waals surface area (Å²) < 4.78 is -1.93. The molecule has 0 spiro atoms. The molecule has 3 nitrogen and oxygen atoms in total. The standard InChI is InChI=1S/C8H9Cl3N2OS/c1-4(6-3-15-5(2)13-6)12-7(14)8(9,10)11/h3-4H,1-2H3,(H,12,14). The van der Waals surface area contributed by atoms with Gasteiger partial charge in [0.1, 0.15) is 0 Å². The predicted molar refractivity (Wildman–Crippen MR) is 63.7 cm³/mol. The lowest BCUT2D eigenvalue weighted by Gasteiger charge is -2.15. The van der Waals surface area contributed by atoms with Crippen LogP contribution in [-0.2, 0) is 4.79 Å². The number of carbonyl (C=O) groups excluding carboxylic acids is 1. The van der Waals surface area contributed by atoms with Crippen molar-refractivity contribution in [2.75, 3.05) is 0 Å². The average Bonchev–Trinajstić information content (AvgIpc) is 2.50. The van der Waals surface area contributed by atoms with Crippen molar-refractivity contribution in [3.05, 3.63) is 16.1 Å². The minimum absolute atomic E-state index is 0.266. The van der Waals surface area contributed by atoms with Crippen molar-refractivity contribution < 1.29 is 4.79 Å². The van der Waals surface area contributed by atoms with Crippen LogP contribution in [0, 0.1) is 6.92 Å². The molecule has 7 heteroatoms. The van der Waals surface area contributed by atoms with E-state index < -0.39 is 9.70 Å². The first-order valence-electron chi connectivity index (χ1n) is 4.10. The summed E-state index contributed by atoms with van der Waals surface area (Å²) in [5, 5.41) is 5.35. The molecule has 1 aromatic heterocycles. The molecule has 1 aromatic rings. The number of carbonyl (C=O) groups is 1. The average molecular weight is 288 g/mol. The second-order valence-electron chi connectivity index (χ2n) is 2.98. The van der Waals surface area contributed by atoms with E-state index in [1.165, 1.54) is 11.3 Å². The molecule has 1 unspecified atom stereocenters. The molecule has 0 aliphatic rings. The fourth-order valence-corrected chi connectivity index (χ4v) is 1.80. The van der Waals surface area contributed by atoms with E-state index in [1.54, 1.807) is 6.92 Å². The monoisotopic (exact) mass is 286 g/mol. The highest BCUT2D eigenvalue weighted by Crippen LogP contribution is 2.27. The number of nitrogens with zero attached hydrogens (tertiary/aromatic N) is 1. The van der Waals surface area contributed by atoms with Crippen molar-refractivity contribution in [1.29, 1.82) is 0 Å². The van der Waals surface area contributed by atoms with E-state index in [1.807, 2.05) is 12.3 Å². The third kappa shape index (κ3) is 3.79. The van der Waals surface area contributed by atoms with E-state index in [4.69, 9.17) is 34.8 Å². The van der Waals surface area contributed by atoms with Gasteiger partial charge in [0, 0.05) is 5.38 Å². The van der Waals surface area contributed by atoms with Crippen LogP contribution in [0.5, 0.6) is 0 Å². The summed E-state index contributed by atoms with van der Waals surface area (Å²) in [6.45, 7) is 3.67. The molecule has 0 saturated carbocycles. The topological polar surface area (TPSA) is 42.0 Å². The fourth-order valence-electron chi connectivity index (χ4n) is 0.931. The normalized spacial score (nSPS) is 13.7. The number of aromatic nitrogens is 1. The molecule has 1 amide bonds. The van der Waals surface area contributed by atoms with Crippen LogP contribution in [0.4, 0.5) is 0 Å². The Morgan fingerprint density at radius 2 is 2.20 bits per heavy atom. The molecule has 84 valence electrons. The second kappa shape index (κ2) is 4.87. The molecule has 0 bridgehead atoms. The van der Waals surface area contributed by atoms with Crippen LogP contribution in [0.1, 0.15) is 23.7 Å². The number of alkyl halides is 3. The smallest absolute Gasteiger partial charge is 0.272 e. The molecular weight excluding hydrogens is 279 g/mol. The number of hydrogen-bond donors (Lipinski definition) is 1. The summed E-state index contributed by atoms with van der Waals surface area (Å²) >= 11 is 17.8. The van der Waals surface area contributed by atoms with Gasteiger partial charge in [-0.25, -0.2) is 4.98 Å². The number of nitrogens with one attached hydrogen (secondary N) is 1. The molecule has 0 aliphatic heterocycles. The van der Waals surface area contributed by atoms with Crippen molar-refractivity contribution in [2.24, 2.45) is 0 Å². The van der Waals surface area contributed by atoms with Crippen molar-refractivity contribution in [3.8, 4) is 0 Å². The highest BCUT2D eigenvalue weighted by atomic mass is 35.6. The summed E-state index contributed by atoms with van der Waals surface area (Å²) in [6, 6.07) is -0.266. The Hall–Kier alpha value is -0.0300. The van der Waals surface area contributed by atoms with Crippen molar-refractivity contribution in [1.82, 2.24) is 10.3 Å². The van der Waals surface area contributed by atoms with E-state index in [2.05, 4.69) is 10.3 Å². The van der Waals surface area contributed by atoms with Crippen molar-refractivity contribution in [3.63, 3.8) is 0 Å². The zero-order chi connectivity index (χ0) is 11.6. The zero-order valence-electron chi connectivity index (χ0n) is 8.05. The first-order chi connectivity index (χ1) is 6.80. The lowest BCUT2D eigenvalue weighted by atomic mass is 10.2. The Morgan fingerprint density at radius 1 is 1.60 bits per heavy atom. The first kappa shape index (κ1) is 13.0. The highest BCUT2D eigenvalue weighted by molar-refractivity contribution is 7.09. The molecule has 1 N–H and O–H groups in total. The quantitative estimate of drug-likeness (QED) is 0.850. The molecule has 0 radical (unpaired) electrons. The lowest BCUT2D eigenvalue weighted by Crippen LogP contribution is -2.36. The molecule has 1 rings (SSSR count). The van der Waals surface area contributed by atoms with E-state index in [9.17, 15) is 4.79 Å². The number of aryl methyl sites for hydroxylation is 1. The minimum atomic E-state index is -1.93. The molecule has 1 atom stereocenters. The maximum absolute atomic E-state index is 11.3. The summed E-state index contributed by atoms with van der Waals surface area (Å²) in [5.41, 5.74) is 0.764. The summed E-state index contributed by atoms with van der Waals surface area (Å²) in [5.74, 6) is -0.648. The number of amides is 1. The molecule has 0 fully saturated rings. The third-order valence-electron chi connectivity index (χ3n) is 1.69. The lowest BCUT2D eigenvalue weighted by molar-refractivity contribution is -0.120. The zero-order valence-corrected chi connectivity index (χ0v) is 11.1. The van der Waals surface area contributed by atoms with Crippen LogP contribution in [0.25, 0.3) is 0 Å². The molecule has 0 aromatic carbocycles. The second-order valence-corrected chi connectivity index (χ2v) is 6.33. The van der Waals surface area contributed by atoms with Gasteiger partial charge in [0.25, 0.3) is 9.70 Å².